The Hall–Kier alpha value is -1.56. The number of oxazole rings is 1. The van der Waals surface area contributed by atoms with Gasteiger partial charge in [-0.15, -0.1) is 0 Å². The molecule has 0 aliphatic carbocycles. The van der Waals surface area contributed by atoms with Crippen LogP contribution in [-0.4, -0.2) is 16.2 Å². The second kappa shape index (κ2) is 3.90. The van der Waals surface area contributed by atoms with E-state index in [4.69, 9.17) is 4.42 Å². The van der Waals surface area contributed by atoms with Crippen molar-refractivity contribution in [2.75, 3.05) is 10.6 Å². The summed E-state index contributed by atoms with van der Waals surface area (Å²) < 4.78 is 4.82. The highest BCUT2D eigenvalue weighted by atomic mass is 79.9. The van der Waals surface area contributed by atoms with Gasteiger partial charge in [0.1, 0.15) is 0 Å². The molecule has 5 nitrogen and oxygen atoms in total. The van der Waals surface area contributed by atoms with Crippen LogP contribution in [0.15, 0.2) is 27.4 Å². The van der Waals surface area contributed by atoms with E-state index in [1.54, 1.807) is 18.2 Å². The van der Waals surface area contributed by atoms with Crippen LogP contribution in [-0.2, 0) is 4.79 Å². The van der Waals surface area contributed by atoms with E-state index in [1.165, 1.54) is 0 Å². The van der Waals surface area contributed by atoms with Gasteiger partial charge in [-0.1, -0.05) is 15.9 Å². The number of hydrogen-bond acceptors (Lipinski definition) is 3. The lowest BCUT2D eigenvalue weighted by Gasteiger charge is -2.01. The Morgan fingerprint density at radius 2 is 2.33 bits per heavy atom. The zero-order valence-electron chi connectivity index (χ0n) is 7.54. The Morgan fingerprint density at radius 1 is 1.53 bits per heavy atom. The van der Waals surface area contributed by atoms with Crippen molar-refractivity contribution < 1.29 is 9.21 Å². The maximum atomic E-state index is 11.1. The van der Waals surface area contributed by atoms with Crippen LogP contribution in [0, 0.1) is 0 Å². The number of alkyl halides is 1. The average molecular weight is 271 g/mol. The molecule has 0 unspecified atom stereocenters. The third-order valence-corrected chi connectivity index (χ3v) is 2.33. The fourth-order valence-corrected chi connectivity index (χ4v) is 1.36. The first-order valence-electron chi connectivity index (χ1n) is 4.18. The molecule has 0 fully saturated rings. The van der Waals surface area contributed by atoms with Crippen LogP contribution in [0.5, 0.6) is 0 Å². The maximum absolute atomic E-state index is 11.1. The molecule has 78 valence electrons. The van der Waals surface area contributed by atoms with Crippen molar-refractivity contribution in [3.05, 3.63) is 28.7 Å². The smallest absolute Gasteiger partial charge is 0.408 e. The molecule has 2 aromatic rings. The highest BCUT2D eigenvalue weighted by Gasteiger charge is 2.03. The summed E-state index contributed by atoms with van der Waals surface area (Å²) in [5.41, 5.74) is 1.65. The number of nitrogens with one attached hydrogen (secondary N) is 2. The largest absolute Gasteiger partial charge is 0.417 e. The van der Waals surface area contributed by atoms with E-state index in [1.807, 2.05) is 0 Å². The molecule has 0 bridgehead atoms. The highest BCUT2D eigenvalue weighted by molar-refractivity contribution is 9.09. The van der Waals surface area contributed by atoms with Crippen molar-refractivity contribution in [3.8, 4) is 0 Å². The predicted octanol–water partition coefficient (Wildman–Crippen LogP) is 1.45. The van der Waals surface area contributed by atoms with Crippen LogP contribution < -0.4 is 11.1 Å². The molecule has 6 heteroatoms. The second-order valence-corrected chi connectivity index (χ2v) is 3.47. The van der Waals surface area contributed by atoms with Gasteiger partial charge in [0.2, 0.25) is 5.91 Å². The van der Waals surface area contributed by atoms with Crippen molar-refractivity contribution in [2.24, 2.45) is 0 Å². The molecule has 0 saturated carbocycles. The number of amides is 1. The van der Waals surface area contributed by atoms with Gasteiger partial charge in [-0.2, -0.15) is 0 Å². The van der Waals surface area contributed by atoms with Crippen molar-refractivity contribution >= 4 is 38.6 Å². The van der Waals surface area contributed by atoms with Gasteiger partial charge in [0.05, 0.1) is 10.8 Å². The van der Waals surface area contributed by atoms with Crippen molar-refractivity contribution in [3.63, 3.8) is 0 Å². The lowest BCUT2D eigenvalue weighted by atomic mass is 10.3. The molecule has 0 aliphatic rings. The summed E-state index contributed by atoms with van der Waals surface area (Å²) in [4.78, 5) is 24.4. The Morgan fingerprint density at radius 3 is 3.07 bits per heavy atom. The number of benzene rings is 1. The standard InChI is InChI=1S/C9H7BrN2O3/c10-4-8(13)11-5-1-2-7-6(3-5)12-9(14)15-7/h1-3H,4H2,(H,11,13)(H,12,14). The summed E-state index contributed by atoms with van der Waals surface area (Å²) in [6, 6.07) is 4.93. The molecule has 0 atom stereocenters. The van der Waals surface area contributed by atoms with Crippen LogP contribution in [0.2, 0.25) is 0 Å². The number of halogens is 1. The van der Waals surface area contributed by atoms with Crippen LogP contribution in [0.1, 0.15) is 0 Å². The van der Waals surface area contributed by atoms with Gasteiger partial charge >= 0.3 is 5.76 Å². The minimum absolute atomic E-state index is 0.153. The lowest BCUT2D eigenvalue weighted by Crippen LogP contribution is -2.11. The van der Waals surface area contributed by atoms with Crippen LogP contribution in [0.25, 0.3) is 11.1 Å². The normalized spacial score (nSPS) is 10.5. The van der Waals surface area contributed by atoms with Gasteiger partial charge in [-0.25, -0.2) is 4.79 Å². The number of hydrogen-bond donors (Lipinski definition) is 2. The number of rotatable bonds is 2. The fourth-order valence-electron chi connectivity index (χ4n) is 1.22. The molecule has 2 rings (SSSR count). The summed E-state index contributed by atoms with van der Waals surface area (Å²) in [5, 5.41) is 2.87. The number of aromatic amines is 1. The van der Waals surface area contributed by atoms with Gasteiger partial charge in [0.25, 0.3) is 0 Å². The van der Waals surface area contributed by atoms with E-state index in [-0.39, 0.29) is 11.2 Å². The van der Waals surface area contributed by atoms with Crippen LogP contribution in [0.3, 0.4) is 0 Å². The number of carbonyl (C=O) groups is 1. The Labute approximate surface area is 92.6 Å². The van der Waals surface area contributed by atoms with E-state index in [0.29, 0.717) is 16.8 Å². The van der Waals surface area contributed by atoms with Gasteiger partial charge in [-0.05, 0) is 18.2 Å². The molecule has 1 amide bonds. The van der Waals surface area contributed by atoms with Crippen LogP contribution in [0.4, 0.5) is 5.69 Å². The van der Waals surface area contributed by atoms with Crippen LogP contribution >= 0.6 is 15.9 Å². The van der Waals surface area contributed by atoms with E-state index in [2.05, 4.69) is 26.2 Å². The first-order valence-corrected chi connectivity index (χ1v) is 5.30. The fraction of sp³-hybridized carbons (Fsp3) is 0.111. The van der Waals surface area contributed by atoms with E-state index >= 15 is 0 Å². The second-order valence-electron chi connectivity index (χ2n) is 2.91. The molecule has 0 aliphatic heterocycles. The average Bonchev–Trinajstić information content (AvgIpc) is 2.57. The molecule has 15 heavy (non-hydrogen) atoms. The molecule has 1 heterocycles. The molecule has 0 spiro atoms. The third kappa shape index (κ3) is 2.10. The molecular weight excluding hydrogens is 264 g/mol. The number of aromatic nitrogens is 1. The van der Waals surface area contributed by atoms with E-state index in [0.717, 1.165) is 0 Å². The third-order valence-electron chi connectivity index (χ3n) is 1.82. The minimum atomic E-state index is -0.506. The summed E-state index contributed by atoms with van der Waals surface area (Å²) in [7, 11) is 0. The summed E-state index contributed by atoms with van der Waals surface area (Å²) in [6.07, 6.45) is 0. The number of anilines is 1. The zero-order valence-corrected chi connectivity index (χ0v) is 9.13. The van der Waals surface area contributed by atoms with Gasteiger partial charge in [0, 0.05) is 5.69 Å². The first-order chi connectivity index (χ1) is 7.19. The minimum Gasteiger partial charge on any atom is -0.408 e. The molecule has 1 aromatic carbocycles. The summed E-state index contributed by atoms with van der Waals surface area (Å²) in [5.74, 6) is -0.658. The zero-order chi connectivity index (χ0) is 10.8. The van der Waals surface area contributed by atoms with E-state index in [9.17, 15) is 9.59 Å². The molecule has 1 aromatic heterocycles. The van der Waals surface area contributed by atoms with Crippen molar-refractivity contribution in [2.45, 2.75) is 0 Å². The topological polar surface area (TPSA) is 75.1 Å². The van der Waals surface area contributed by atoms with Gasteiger partial charge in [0.15, 0.2) is 5.58 Å². The van der Waals surface area contributed by atoms with Crippen molar-refractivity contribution in [1.82, 2.24) is 4.98 Å². The Bertz CT molecular complexity index is 558. The van der Waals surface area contributed by atoms with Gasteiger partial charge in [-0.3, -0.25) is 9.78 Å². The predicted molar refractivity (Wildman–Crippen MR) is 59.3 cm³/mol. The first kappa shape index (κ1) is 9.97. The lowest BCUT2D eigenvalue weighted by molar-refractivity contribution is -0.113. The SMILES string of the molecule is O=C(CBr)Nc1ccc2oc(=O)[nH]c2c1. The van der Waals surface area contributed by atoms with Gasteiger partial charge < -0.3 is 9.73 Å². The molecule has 0 radical (unpaired) electrons. The number of fused-ring (bicyclic) bond motifs is 1. The number of H-pyrrole nitrogens is 1. The summed E-state index contributed by atoms with van der Waals surface area (Å²) in [6.45, 7) is 0. The Balaban J connectivity index is 2.38. The summed E-state index contributed by atoms with van der Waals surface area (Å²) >= 11 is 3.04. The van der Waals surface area contributed by atoms with E-state index < -0.39 is 5.76 Å². The highest BCUT2D eigenvalue weighted by Crippen LogP contribution is 2.15. The molecule has 2 N–H and O–H groups in total. The van der Waals surface area contributed by atoms with Crippen molar-refractivity contribution in [1.29, 1.82) is 0 Å². The molecule has 0 saturated heterocycles. The number of carbonyl (C=O) groups excluding carboxylic acids is 1. The monoisotopic (exact) mass is 270 g/mol. The Kier molecular flexibility index (Phi) is 2.59. The molecular formula is C9H7BrN2O3. The quantitative estimate of drug-likeness (QED) is 0.812. The maximum Gasteiger partial charge on any atom is 0.417 e.